The third kappa shape index (κ3) is 4.11. The van der Waals surface area contributed by atoms with E-state index in [2.05, 4.69) is 44.0 Å². The van der Waals surface area contributed by atoms with Gasteiger partial charge in [0.05, 0.1) is 11.0 Å². The van der Waals surface area contributed by atoms with Crippen LogP contribution < -0.4 is 5.32 Å². The monoisotopic (exact) mass is 398 g/mol. The molecule has 1 aromatic heterocycles. The van der Waals surface area contributed by atoms with E-state index in [0.717, 1.165) is 34.7 Å². The summed E-state index contributed by atoms with van der Waals surface area (Å²) in [6.45, 7) is 3.32. The van der Waals surface area contributed by atoms with Crippen LogP contribution in [0.2, 0.25) is 0 Å². The molecule has 4 aromatic rings. The first-order valence-electron chi connectivity index (χ1n) is 10.1. The lowest BCUT2D eigenvalue weighted by Crippen LogP contribution is -2.24. The van der Waals surface area contributed by atoms with Crippen molar-refractivity contribution in [2.75, 3.05) is 14.1 Å². The Balaban J connectivity index is 1.55. The molecule has 1 heterocycles. The van der Waals surface area contributed by atoms with Gasteiger partial charge in [-0.05, 0) is 62.5 Å². The second-order valence-electron chi connectivity index (χ2n) is 7.72. The number of nitrogens with zero attached hydrogens (tertiary/aromatic N) is 3. The summed E-state index contributed by atoms with van der Waals surface area (Å²) in [6.07, 6.45) is 0. The molecule has 0 aliphatic carbocycles. The van der Waals surface area contributed by atoms with Crippen molar-refractivity contribution in [1.29, 1.82) is 0 Å². The molecule has 1 N–H and O–H groups in total. The van der Waals surface area contributed by atoms with Crippen LogP contribution in [-0.2, 0) is 13.1 Å². The van der Waals surface area contributed by atoms with Gasteiger partial charge in [0, 0.05) is 24.3 Å². The fourth-order valence-corrected chi connectivity index (χ4v) is 3.75. The zero-order valence-electron chi connectivity index (χ0n) is 17.6. The van der Waals surface area contributed by atoms with Crippen molar-refractivity contribution in [2.24, 2.45) is 0 Å². The van der Waals surface area contributed by atoms with Crippen molar-refractivity contribution >= 4 is 16.9 Å². The number of para-hydroxylation sites is 1. The number of imidazole rings is 1. The Morgan fingerprint density at radius 1 is 0.967 bits per heavy atom. The average molecular weight is 399 g/mol. The number of carbonyl (C=O) groups is 1. The summed E-state index contributed by atoms with van der Waals surface area (Å²) in [6, 6.07) is 24.0. The predicted octanol–water partition coefficient (Wildman–Crippen LogP) is 4.33. The fourth-order valence-electron chi connectivity index (χ4n) is 3.75. The van der Waals surface area contributed by atoms with Gasteiger partial charge in [-0.1, -0.05) is 42.5 Å². The molecule has 0 aliphatic heterocycles. The van der Waals surface area contributed by atoms with Crippen LogP contribution in [0.1, 0.15) is 27.3 Å². The molecular weight excluding hydrogens is 372 g/mol. The summed E-state index contributed by atoms with van der Waals surface area (Å²) in [4.78, 5) is 19.6. The van der Waals surface area contributed by atoms with Gasteiger partial charge in [0.1, 0.15) is 5.82 Å². The molecule has 1 amide bonds. The molecule has 0 unspecified atom stereocenters. The lowest BCUT2D eigenvalue weighted by molar-refractivity contribution is 0.0951. The second-order valence-corrected chi connectivity index (χ2v) is 7.72. The molecule has 5 nitrogen and oxygen atoms in total. The van der Waals surface area contributed by atoms with Crippen LogP contribution in [0.5, 0.6) is 0 Å². The van der Waals surface area contributed by atoms with E-state index in [4.69, 9.17) is 0 Å². The summed E-state index contributed by atoms with van der Waals surface area (Å²) in [5.41, 5.74) is 5.83. The van der Waals surface area contributed by atoms with Gasteiger partial charge in [0.2, 0.25) is 0 Å². The largest absolute Gasteiger partial charge is 0.348 e. The Hall–Kier alpha value is -3.44. The molecule has 0 aliphatic rings. The number of fused-ring (bicyclic) bond motifs is 1. The minimum absolute atomic E-state index is 0.0940. The van der Waals surface area contributed by atoms with Gasteiger partial charge in [0.25, 0.3) is 5.91 Å². The van der Waals surface area contributed by atoms with E-state index >= 15 is 0 Å². The van der Waals surface area contributed by atoms with Crippen molar-refractivity contribution < 1.29 is 4.79 Å². The smallest absolute Gasteiger partial charge is 0.251 e. The maximum absolute atomic E-state index is 12.8. The molecular formula is C25H26N4O. The van der Waals surface area contributed by atoms with Crippen LogP contribution in [-0.4, -0.2) is 34.5 Å². The first kappa shape index (κ1) is 19.9. The molecule has 5 heteroatoms. The van der Waals surface area contributed by atoms with Gasteiger partial charge >= 0.3 is 0 Å². The van der Waals surface area contributed by atoms with E-state index in [9.17, 15) is 4.79 Å². The molecule has 30 heavy (non-hydrogen) atoms. The summed E-state index contributed by atoms with van der Waals surface area (Å²) >= 11 is 0. The van der Waals surface area contributed by atoms with Gasteiger partial charge in [-0.15, -0.1) is 0 Å². The Bertz CT molecular complexity index is 1180. The van der Waals surface area contributed by atoms with E-state index in [1.807, 2.05) is 69.6 Å². The number of benzene rings is 3. The third-order valence-electron chi connectivity index (χ3n) is 5.14. The second kappa shape index (κ2) is 8.51. The number of nitrogens with one attached hydrogen (secondary N) is 1. The van der Waals surface area contributed by atoms with Crippen molar-refractivity contribution in [1.82, 2.24) is 19.8 Å². The van der Waals surface area contributed by atoms with E-state index in [1.165, 1.54) is 5.56 Å². The quantitative estimate of drug-likeness (QED) is 0.526. The minimum atomic E-state index is -0.0940. The molecule has 0 bridgehead atoms. The van der Waals surface area contributed by atoms with Crippen LogP contribution in [0, 0.1) is 6.92 Å². The highest BCUT2D eigenvalue weighted by molar-refractivity contribution is 5.97. The minimum Gasteiger partial charge on any atom is -0.348 e. The van der Waals surface area contributed by atoms with Crippen molar-refractivity contribution in [3.8, 4) is 5.69 Å². The SMILES string of the molecule is Cc1nc2cc(C(=O)NCc3ccccc3CN(C)C)ccc2n1-c1ccccc1. The molecule has 152 valence electrons. The first-order chi connectivity index (χ1) is 14.5. The van der Waals surface area contributed by atoms with Crippen LogP contribution >= 0.6 is 0 Å². The molecule has 0 radical (unpaired) electrons. The number of aromatic nitrogens is 2. The van der Waals surface area contributed by atoms with Crippen molar-refractivity contribution in [2.45, 2.75) is 20.0 Å². The molecule has 0 atom stereocenters. The molecule has 0 saturated carbocycles. The highest BCUT2D eigenvalue weighted by Crippen LogP contribution is 2.22. The maximum atomic E-state index is 12.8. The molecule has 0 fully saturated rings. The zero-order valence-corrected chi connectivity index (χ0v) is 17.6. The third-order valence-corrected chi connectivity index (χ3v) is 5.14. The van der Waals surface area contributed by atoms with Crippen LogP contribution in [0.25, 0.3) is 16.7 Å². The lowest BCUT2D eigenvalue weighted by Gasteiger charge is -2.14. The van der Waals surface area contributed by atoms with Gasteiger partial charge in [-0.25, -0.2) is 4.98 Å². The van der Waals surface area contributed by atoms with Gasteiger partial charge < -0.3 is 10.2 Å². The van der Waals surface area contributed by atoms with Crippen LogP contribution in [0.3, 0.4) is 0 Å². The summed E-state index contributed by atoms with van der Waals surface area (Å²) in [7, 11) is 4.09. The average Bonchev–Trinajstić information content (AvgIpc) is 3.08. The number of amides is 1. The standard InChI is InChI=1S/C25H26N4O/c1-18-27-23-15-19(13-14-24(23)29(18)22-11-5-4-6-12-22)25(30)26-16-20-9-7-8-10-21(20)17-28(2)3/h4-15H,16-17H2,1-3H3,(H,26,30). The van der Waals surface area contributed by atoms with E-state index in [0.29, 0.717) is 12.1 Å². The molecule has 0 spiro atoms. The van der Waals surface area contributed by atoms with Crippen molar-refractivity contribution in [3.05, 3.63) is 95.3 Å². The fraction of sp³-hybridized carbons (Fsp3) is 0.200. The number of aryl methyl sites for hydroxylation is 1. The molecule has 0 saturated heterocycles. The van der Waals surface area contributed by atoms with Crippen LogP contribution in [0.15, 0.2) is 72.8 Å². The summed E-state index contributed by atoms with van der Waals surface area (Å²) in [5.74, 6) is 0.801. The highest BCUT2D eigenvalue weighted by Gasteiger charge is 2.13. The Kier molecular flexibility index (Phi) is 5.63. The maximum Gasteiger partial charge on any atom is 0.251 e. The first-order valence-corrected chi connectivity index (χ1v) is 10.1. The van der Waals surface area contributed by atoms with Crippen molar-refractivity contribution in [3.63, 3.8) is 0 Å². The number of hydrogen-bond acceptors (Lipinski definition) is 3. The normalized spacial score (nSPS) is 11.2. The number of carbonyl (C=O) groups excluding carboxylic acids is 1. The summed E-state index contributed by atoms with van der Waals surface area (Å²) < 4.78 is 2.11. The summed E-state index contributed by atoms with van der Waals surface area (Å²) in [5, 5.41) is 3.05. The van der Waals surface area contributed by atoms with E-state index < -0.39 is 0 Å². The Morgan fingerprint density at radius 2 is 1.67 bits per heavy atom. The molecule has 3 aromatic carbocycles. The highest BCUT2D eigenvalue weighted by atomic mass is 16.1. The van der Waals surface area contributed by atoms with Crippen LogP contribution in [0.4, 0.5) is 0 Å². The van der Waals surface area contributed by atoms with E-state index in [-0.39, 0.29) is 5.91 Å². The van der Waals surface area contributed by atoms with Gasteiger partial charge in [0.15, 0.2) is 0 Å². The van der Waals surface area contributed by atoms with Gasteiger partial charge in [-0.3, -0.25) is 9.36 Å². The number of rotatable bonds is 6. The topological polar surface area (TPSA) is 50.2 Å². The Labute approximate surface area is 177 Å². The molecule has 4 rings (SSSR count). The lowest BCUT2D eigenvalue weighted by atomic mass is 10.1. The van der Waals surface area contributed by atoms with E-state index in [1.54, 1.807) is 0 Å². The zero-order chi connectivity index (χ0) is 21.1. The number of hydrogen-bond donors (Lipinski definition) is 1. The predicted molar refractivity (Wildman–Crippen MR) is 121 cm³/mol. The Morgan fingerprint density at radius 3 is 2.40 bits per heavy atom. The van der Waals surface area contributed by atoms with Gasteiger partial charge in [-0.2, -0.15) is 0 Å².